The van der Waals surface area contributed by atoms with Crippen LogP contribution < -0.4 is 15.6 Å². The van der Waals surface area contributed by atoms with Crippen LogP contribution in [0.25, 0.3) is 11.1 Å². The Labute approximate surface area is 244 Å². The van der Waals surface area contributed by atoms with Gasteiger partial charge in [0.25, 0.3) is 5.56 Å². The number of aryl methyl sites for hydroxylation is 1. The zero-order valence-corrected chi connectivity index (χ0v) is 24.1. The fourth-order valence-corrected chi connectivity index (χ4v) is 6.86. The van der Waals surface area contributed by atoms with Gasteiger partial charge in [-0.1, -0.05) is 42.5 Å². The molecule has 4 aromatic rings. The van der Waals surface area contributed by atoms with Crippen molar-refractivity contribution in [2.45, 2.75) is 44.1 Å². The van der Waals surface area contributed by atoms with Crippen LogP contribution in [0.2, 0.25) is 0 Å². The van der Waals surface area contributed by atoms with Crippen LogP contribution in [0.3, 0.4) is 0 Å². The van der Waals surface area contributed by atoms with Gasteiger partial charge in [-0.25, -0.2) is 8.78 Å². The smallest absolute Gasteiger partial charge is 0.416 e. The van der Waals surface area contributed by atoms with Crippen molar-refractivity contribution in [3.05, 3.63) is 116 Å². The number of pyridine rings is 1. The number of rotatable bonds is 8. The number of thioether (sulfide) groups is 1. The molecule has 1 aromatic heterocycles. The van der Waals surface area contributed by atoms with Gasteiger partial charge in [0.2, 0.25) is 0 Å². The van der Waals surface area contributed by atoms with E-state index in [1.54, 1.807) is 13.0 Å². The molecule has 220 valence electrons. The Morgan fingerprint density at radius 3 is 2.45 bits per heavy atom. The van der Waals surface area contributed by atoms with E-state index in [2.05, 4.69) is 5.32 Å². The van der Waals surface area contributed by atoms with E-state index in [0.29, 0.717) is 35.0 Å². The van der Waals surface area contributed by atoms with Crippen LogP contribution in [-0.4, -0.2) is 24.0 Å². The summed E-state index contributed by atoms with van der Waals surface area (Å²) < 4.78 is 78.9. The number of nitrogens with one attached hydrogen (secondary N) is 1. The van der Waals surface area contributed by atoms with Crippen LogP contribution in [0.15, 0.2) is 70.5 Å². The van der Waals surface area contributed by atoms with Crippen LogP contribution in [0.5, 0.6) is 5.75 Å². The van der Waals surface area contributed by atoms with E-state index in [9.17, 15) is 22.4 Å². The van der Waals surface area contributed by atoms with Crippen LogP contribution in [0.1, 0.15) is 39.4 Å². The van der Waals surface area contributed by atoms with Crippen LogP contribution in [0, 0.1) is 25.5 Å². The molecule has 3 aromatic carbocycles. The molecule has 0 fully saturated rings. The van der Waals surface area contributed by atoms with Crippen molar-refractivity contribution in [1.29, 1.82) is 0 Å². The highest BCUT2D eigenvalue weighted by molar-refractivity contribution is 7.99. The molecule has 1 atom stereocenters. The largest absolute Gasteiger partial charge is 0.494 e. The minimum atomic E-state index is -4.78. The van der Waals surface area contributed by atoms with Crippen LogP contribution >= 0.6 is 11.8 Å². The van der Waals surface area contributed by atoms with Gasteiger partial charge in [0.05, 0.1) is 29.3 Å². The molecule has 10 heteroatoms. The van der Waals surface area contributed by atoms with Crippen molar-refractivity contribution in [3.63, 3.8) is 0 Å². The van der Waals surface area contributed by atoms with E-state index in [1.165, 1.54) is 35.6 Å². The number of fused-ring (bicyclic) bond motifs is 1. The van der Waals surface area contributed by atoms with E-state index in [-0.39, 0.29) is 22.9 Å². The summed E-state index contributed by atoms with van der Waals surface area (Å²) >= 11 is 1.34. The van der Waals surface area contributed by atoms with Crippen molar-refractivity contribution in [2.75, 3.05) is 19.4 Å². The Balaban J connectivity index is 1.65. The molecule has 1 N–H and O–H groups in total. The van der Waals surface area contributed by atoms with Crippen molar-refractivity contribution in [2.24, 2.45) is 0 Å². The third-order valence-electron chi connectivity index (χ3n) is 7.70. The first-order valence-corrected chi connectivity index (χ1v) is 14.3. The molecular formula is C32H29F5N2O2S. The number of methoxy groups -OCH3 is 1. The molecule has 1 aliphatic rings. The van der Waals surface area contributed by atoms with Crippen molar-refractivity contribution < 1.29 is 26.7 Å². The maximum Gasteiger partial charge on any atom is 0.416 e. The fraction of sp³-hybridized carbons (Fsp3) is 0.281. The van der Waals surface area contributed by atoms with Gasteiger partial charge < -0.3 is 10.1 Å². The van der Waals surface area contributed by atoms with Gasteiger partial charge in [-0.2, -0.15) is 13.2 Å². The molecule has 0 amide bonds. The van der Waals surface area contributed by atoms with Gasteiger partial charge >= 0.3 is 6.18 Å². The highest BCUT2D eigenvalue weighted by Gasteiger charge is 2.36. The molecule has 2 heterocycles. The second kappa shape index (κ2) is 11.9. The number of benzene rings is 3. The third kappa shape index (κ3) is 5.57. The quantitative estimate of drug-likeness (QED) is 0.213. The van der Waals surface area contributed by atoms with Crippen molar-refractivity contribution in [3.8, 4) is 16.9 Å². The van der Waals surface area contributed by atoms with Crippen molar-refractivity contribution >= 4 is 11.8 Å². The summed E-state index contributed by atoms with van der Waals surface area (Å²) in [6.45, 7) is 4.52. The van der Waals surface area contributed by atoms with E-state index in [1.807, 2.05) is 31.2 Å². The fourth-order valence-electron chi connectivity index (χ4n) is 5.47. The van der Waals surface area contributed by atoms with Crippen molar-refractivity contribution in [1.82, 2.24) is 9.88 Å². The molecular weight excluding hydrogens is 571 g/mol. The lowest BCUT2D eigenvalue weighted by Crippen LogP contribution is -2.33. The Hall–Kier alpha value is -3.63. The van der Waals surface area contributed by atoms with Crippen LogP contribution in [-0.2, 0) is 19.1 Å². The molecule has 0 bridgehead atoms. The molecule has 1 aliphatic heterocycles. The number of ether oxygens (including phenoxy) is 1. The lowest BCUT2D eigenvalue weighted by Gasteiger charge is -2.22. The molecule has 1 unspecified atom stereocenters. The minimum absolute atomic E-state index is 0.0152. The van der Waals surface area contributed by atoms with Gasteiger partial charge in [-0.3, -0.25) is 9.36 Å². The highest BCUT2D eigenvalue weighted by Crippen LogP contribution is 2.42. The van der Waals surface area contributed by atoms with E-state index < -0.39 is 40.9 Å². The number of aromatic nitrogens is 1. The molecule has 0 spiro atoms. The van der Waals surface area contributed by atoms with Gasteiger partial charge in [0.15, 0.2) is 11.6 Å². The number of hydrogen-bond acceptors (Lipinski definition) is 4. The zero-order valence-electron chi connectivity index (χ0n) is 23.2. The lowest BCUT2D eigenvalue weighted by molar-refractivity contribution is -0.138. The Kier molecular flexibility index (Phi) is 8.48. The maximum atomic E-state index is 15.5. The van der Waals surface area contributed by atoms with Crippen LogP contribution in [0.4, 0.5) is 22.0 Å². The minimum Gasteiger partial charge on any atom is -0.494 e. The first-order valence-electron chi connectivity index (χ1n) is 13.4. The Bertz CT molecular complexity index is 1700. The van der Waals surface area contributed by atoms with Gasteiger partial charge in [0.1, 0.15) is 5.82 Å². The molecule has 0 saturated carbocycles. The monoisotopic (exact) mass is 600 g/mol. The average Bonchev–Trinajstić information content (AvgIpc) is 3.37. The average molecular weight is 601 g/mol. The summed E-state index contributed by atoms with van der Waals surface area (Å²) in [5.74, 6) is -1.36. The molecule has 42 heavy (non-hydrogen) atoms. The predicted octanol–water partition coefficient (Wildman–Crippen LogP) is 7.47. The Morgan fingerprint density at radius 2 is 1.74 bits per heavy atom. The number of hydrogen-bond donors (Lipinski definition) is 1. The summed E-state index contributed by atoms with van der Waals surface area (Å²) in [7, 11) is 1.31. The second-order valence-corrected chi connectivity index (χ2v) is 11.3. The van der Waals surface area contributed by atoms with E-state index in [0.717, 1.165) is 29.3 Å². The summed E-state index contributed by atoms with van der Waals surface area (Å²) in [6, 6.07) is 14.8. The standard InChI is InChI=1S/C32H29F5N2O2S/c1-18-8-4-5-9-20(18)15-38-16-21-17-42-31-23(14-24-25(32(35,36)37)11-7-12-26(24)33)19(2)28(30(40)39(21)31)22-10-6-13-27(41-3)29(22)34/h4-13,21,38H,14-17H2,1-3H3. The molecule has 5 rings (SSSR count). The predicted molar refractivity (Wildman–Crippen MR) is 154 cm³/mol. The molecule has 0 radical (unpaired) electrons. The number of halogens is 5. The van der Waals surface area contributed by atoms with Gasteiger partial charge in [-0.15, -0.1) is 11.8 Å². The summed E-state index contributed by atoms with van der Waals surface area (Å²) in [4.78, 5) is 14.1. The van der Waals surface area contributed by atoms with Gasteiger partial charge in [-0.05, 0) is 54.3 Å². The summed E-state index contributed by atoms with van der Waals surface area (Å²) in [6.07, 6.45) is -5.20. The molecule has 4 nitrogen and oxygen atoms in total. The third-order valence-corrected chi connectivity index (χ3v) is 8.97. The summed E-state index contributed by atoms with van der Waals surface area (Å²) in [5, 5.41) is 3.85. The Morgan fingerprint density at radius 1 is 1.00 bits per heavy atom. The molecule has 0 saturated heterocycles. The lowest BCUT2D eigenvalue weighted by atomic mass is 9.92. The first-order chi connectivity index (χ1) is 20.0. The zero-order chi connectivity index (χ0) is 30.2. The topological polar surface area (TPSA) is 43.3 Å². The van der Waals surface area contributed by atoms with E-state index >= 15 is 4.39 Å². The normalized spacial score (nSPS) is 14.7. The maximum absolute atomic E-state index is 15.5. The first kappa shape index (κ1) is 29.8. The molecule has 0 aliphatic carbocycles. The number of alkyl halides is 3. The number of nitrogens with zero attached hydrogens (tertiary/aromatic N) is 1. The van der Waals surface area contributed by atoms with E-state index in [4.69, 9.17) is 4.74 Å². The highest BCUT2D eigenvalue weighted by atomic mass is 32.2. The SMILES string of the molecule is COc1cccc(-c2c(C)c(Cc3c(F)cccc3C(F)(F)F)c3n(c2=O)C(CNCc2ccccc2C)CS3)c1F. The summed E-state index contributed by atoms with van der Waals surface area (Å²) in [5.41, 5.74) is 0.790. The second-order valence-electron chi connectivity index (χ2n) is 10.2. The van der Waals surface area contributed by atoms with Gasteiger partial charge in [0, 0.05) is 36.4 Å².